The molecule has 0 saturated heterocycles. The molecule has 4 N–H and O–H groups in total. The van der Waals surface area contributed by atoms with Gasteiger partial charge in [0.25, 0.3) is 0 Å². The average Bonchev–Trinajstić information content (AvgIpc) is 2.41. The fourth-order valence-corrected chi connectivity index (χ4v) is 2.53. The lowest BCUT2D eigenvalue weighted by Crippen LogP contribution is -2.12. The zero-order valence-electron chi connectivity index (χ0n) is 10.4. The Morgan fingerprint density at radius 3 is 2.42 bits per heavy atom. The van der Waals surface area contributed by atoms with Crippen LogP contribution in [-0.4, -0.2) is 13.0 Å². The van der Waals surface area contributed by atoms with E-state index in [0.717, 1.165) is 15.5 Å². The van der Waals surface area contributed by atoms with Crippen molar-refractivity contribution in [2.45, 2.75) is 9.79 Å². The summed E-state index contributed by atoms with van der Waals surface area (Å²) >= 11 is 1.46. The molecule has 0 aliphatic heterocycles. The van der Waals surface area contributed by atoms with Gasteiger partial charge in [-0.3, -0.25) is 4.79 Å². The highest BCUT2D eigenvalue weighted by molar-refractivity contribution is 7.99. The molecule has 0 fully saturated rings. The predicted molar refractivity (Wildman–Crippen MR) is 76.5 cm³/mol. The third kappa shape index (κ3) is 3.20. The zero-order chi connectivity index (χ0) is 13.8. The van der Waals surface area contributed by atoms with Crippen molar-refractivity contribution in [2.75, 3.05) is 12.8 Å². The van der Waals surface area contributed by atoms with E-state index in [4.69, 9.17) is 16.2 Å². The summed E-state index contributed by atoms with van der Waals surface area (Å²) in [6.45, 7) is 0. The summed E-state index contributed by atoms with van der Waals surface area (Å²) in [5.74, 6) is 0.306. The number of anilines is 1. The van der Waals surface area contributed by atoms with Gasteiger partial charge in [-0.15, -0.1) is 0 Å². The SMILES string of the molecule is COc1ccc(Sc2ccc(N)cc2C(N)=O)cc1. The molecule has 0 bridgehead atoms. The van der Waals surface area contributed by atoms with Crippen molar-refractivity contribution in [3.05, 3.63) is 48.0 Å². The Bertz CT molecular complexity index is 597. The second-order valence-electron chi connectivity index (χ2n) is 3.90. The zero-order valence-corrected chi connectivity index (χ0v) is 11.2. The van der Waals surface area contributed by atoms with Gasteiger partial charge in [-0.25, -0.2) is 0 Å². The number of hydrogen-bond acceptors (Lipinski definition) is 4. The van der Waals surface area contributed by atoms with E-state index < -0.39 is 5.91 Å². The van der Waals surface area contributed by atoms with Gasteiger partial charge in [-0.1, -0.05) is 11.8 Å². The van der Waals surface area contributed by atoms with Crippen LogP contribution < -0.4 is 16.2 Å². The second kappa shape index (κ2) is 5.67. The molecule has 4 nitrogen and oxygen atoms in total. The summed E-state index contributed by atoms with van der Waals surface area (Å²) in [5.41, 5.74) is 12.0. The highest BCUT2D eigenvalue weighted by atomic mass is 32.2. The molecule has 5 heteroatoms. The highest BCUT2D eigenvalue weighted by Crippen LogP contribution is 2.32. The molecule has 0 aromatic heterocycles. The number of nitrogen functional groups attached to an aromatic ring is 1. The quantitative estimate of drug-likeness (QED) is 0.840. The maximum absolute atomic E-state index is 11.4. The number of carbonyl (C=O) groups excluding carboxylic acids is 1. The number of benzene rings is 2. The number of nitrogens with two attached hydrogens (primary N) is 2. The fourth-order valence-electron chi connectivity index (χ4n) is 1.60. The number of rotatable bonds is 4. The average molecular weight is 274 g/mol. The van der Waals surface area contributed by atoms with Crippen molar-refractivity contribution in [3.63, 3.8) is 0 Å². The Morgan fingerprint density at radius 2 is 1.84 bits per heavy atom. The van der Waals surface area contributed by atoms with Crippen LogP contribution in [0.5, 0.6) is 5.75 Å². The van der Waals surface area contributed by atoms with E-state index in [-0.39, 0.29) is 0 Å². The van der Waals surface area contributed by atoms with Crippen LogP contribution in [0.1, 0.15) is 10.4 Å². The van der Waals surface area contributed by atoms with Gasteiger partial charge in [-0.05, 0) is 42.5 Å². The summed E-state index contributed by atoms with van der Waals surface area (Å²) in [6.07, 6.45) is 0. The van der Waals surface area contributed by atoms with Gasteiger partial charge in [0, 0.05) is 15.5 Å². The summed E-state index contributed by atoms with van der Waals surface area (Å²) in [7, 11) is 1.62. The molecular weight excluding hydrogens is 260 g/mol. The molecule has 19 heavy (non-hydrogen) atoms. The Hall–Kier alpha value is -2.14. The first-order valence-corrected chi connectivity index (χ1v) is 6.43. The molecule has 0 atom stereocenters. The van der Waals surface area contributed by atoms with E-state index in [1.54, 1.807) is 25.3 Å². The standard InChI is InChI=1S/C14H14N2O2S/c1-18-10-3-5-11(6-4-10)19-13-7-2-9(15)8-12(13)14(16)17/h2-8H,15H2,1H3,(H2,16,17). The van der Waals surface area contributed by atoms with Crippen molar-refractivity contribution < 1.29 is 9.53 Å². The molecule has 0 saturated carbocycles. The predicted octanol–water partition coefficient (Wildman–Crippen LogP) is 2.53. The molecule has 1 amide bonds. The van der Waals surface area contributed by atoms with Crippen molar-refractivity contribution in [1.29, 1.82) is 0 Å². The maximum Gasteiger partial charge on any atom is 0.249 e. The van der Waals surface area contributed by atoms with Gasteiger partial charge in [0.05, 0.1) is 12.7 Å². The third-order valence-corrected chi connectivity index (χ3v) is 3.64. The Morgan fingerprint density at radius 1 is 1.16 bits per heavy atom. The van der Waals surface area contributed by atoms with Crippen LogP contribution in [0.15, 0.2) is 52.3 Å². The van der Waals surface area contributed by atoms with E-state index in [1.165, 1.54) is 11.8 Å². The molecular formula is C14H14N2O2S. The molecule has 2 rings (SSSR count). The Labute approximate surface area is 115 Å². The summed E-state index contributed by atoms with van der Waals surface area (Å²) < 4.78 is 5.10. The summed E-state index contributed by atoms with van der Waals surface area (Å²) in [4.78, 5) is 13.2. The van der Waals surface area contributed by atoms with Gasteiger partial charge in [0.15, 0.2) is 0 Å². The van der Waals surface area contributed by atoms with Crippen LogP contribution in [0.4, 0.5) is 5.69 Å². The number of amides is 1. The molecule has 0 aliphatic rings. The van der Waals surface area contributed by atoms with Crippen LogP contribution in [0.25, 0.3) is 0 Å². The normalized spacial score (nSPS) is 10.2. The van der Waals surface area contributed by atoms with E-state index in [2.05, 4.69) is 0 Å². The molecule has 0 spiro atoms. The lowest BCUT2D eigenvalue weighted by molar-refractivity contribution is 0.0997. The lowest BCUT2D eigenvalue weighted by Gasteiger charge is -2.08. The van der Waals surface area contributed by atoms with Gasteiger partial charge in [0.1, 0.15) is 5.75 Å². The fraction of sp³-hybridized carbons (Fsp3) is 0.0714. The van der Waals surface area contributed by atoms with Crippen LogP contribution in [0.3, 0.4) is 0 Å². The molecule has 0 unspecified atom stereocenters. The largest absolute Gasteiger partial charge is 0.497 e. The molecule has 2 aromatic rings. The van der Waals surface area contributed by atoms with Crippen molar-refractivity contribution in [3.8, 4) is 5.75 Å². The van der Waals surface area contributed by atoms with Crippen molar-refractivity contribution in [2.24, 2.45) is 5.73 Å². The number of hydrogen-bond donors (Lipinski definition) is 2. The number of ether oxygens (including phenoxy) is 1. The Kier molecular flexibility index (Phi) is 3.97. The van der Waals surface area contributed by atoms with E-state index >= 15 is 0 Å². The van der Waals surface area contributed by atoms with Gasteiger partial charge in [0.2, 0.25) is 5.91 Å². The van der Waals surface area contributed by atoms with Crippen LogP contribution in [-0.2, 0) is 0 Å². The minimum atomic E-state index is -0.483. The van der Waals surface area contributed by atoms with Gasteiger partial charge < -0.3 is 16.2 Å². The smallest absolute Gasteiger partial charge is 0.249 e. The maximum atomic E-state index is 11.4. The third-order valence-electron chi connectivity index (χ3n) is 2.56. The first kappa shape index (κ1) is 13.3. The lowest BCUT2D eigenvalue weighted by atomic mass is 10.2. The molecule has 0 radical (unpaired) electrons. The number of primary amides is 1. The number of carbonyl (C=O) groups is 1. The number of methoxy groups -OCH3 is 1. The van der Waals surface area contributed by atoms with E-state index in [9.17, 15) is 4.79 Å². The van der Waals surface area contributed by atoms with E-state index in [1.807, 2.05) is 24.3 Å². The minimum Gasteiger partial charge on any atom is -0.497 e. The molecule has 2 aromatic carbocycles. The second-order valence-corrected chi connectivity index (χ2v) is 5.01. The molecule has 0 heterocycles. The molecule has 0 aliphatic carbocycles. The van der Waals surface area contributed by atoms with Crippen LogP contribution in [0, 0.1) is 0 Å². The van der Waals surface area contributed by atoms with Gasteiger partial charge >= 0.3 is 0 Å². The van der Waals surface area contributed by atoms with Crippen LogP contribution >= 0.6 is 11.8 Å². The highest BCUT2D eigenvalue weighted by Gasteiger charge is 2.10. The first-order chi connectivity index (χ1) is 9.10. The topological polar surface area (TPSA) is 78.3 Å². The Balaban J connectivity index is 2.29. The van der Waals surface area contributed by atoms with Gasteiger partial charge in [-0.2, -0.15) is 0 Å². The summed E-state index contributed by atoms with van der Waals surface area (Å²) in [6, 6.07) is 12.7. The first-order valence-electron chi connectivity index (χ1n) is 5.61. The monoisotopic (exact) mass is 274 g/mol. The minimum absolute atomic E-state index is 0.431. The summed E-state index contributed by atoms with van der Waals surface area (Å²) in [5, 5.41) is 0. The van der Waals surface area contributed by atoms with Crippen LogP contribution in [0.2, 0.25) is 0 Å². The molecule has 98 valence electrons. The van der Waals surface area contributed by atoms with Crippen molar-refractivity contribution >= 4 is 23.4 Å². The van der Waals surface area contributed by atoms with E-state index in [0.29, 0.717) is 11.3 Å². The van der Waals surface area contributed by atoms with Crippen molar-refractivity contribution in [1.82, 2.24) is 0 Å².